The van der Waals surface area contributed by atoms with Crippen LogP contribution in [0.15, 0.2) is 36.4 Å². The molecule has 2 nitrogen and oxygen atoms in total. The maximum absolute atomic E-state index is 6.16. The molecule has 22 heavy (non-hydrogen) atoms. The lowest BCUT2D eigenvalue weighted by Crippen LogP contribution is -2.22. The van der Waals surface area contributed by atoms with Gasteiger partial charge in [-0.3, -0.25) is 0 Å². The lowest BCUT2D eigenvalue weighted by molar-refractivity contribution is 0.816. The summed E-state index contributed by atoms with van der Waals surface area (Å²) in [6.07, 6.45) is 2.90. The van der Waals surface area contributed by atoms with Gasteiger partial charge >= 0.3 is 0 Å². The van der Waals surface area contributed by atoms with Crippen LogP contribution in [-0.2, 0) is 12.8 Å². The van der Waals surface area contributed by atoms with Crippen LogP contribution in [0.1, 0.15) is 17.5 Å². The summed E-state index contributed by atoms with van der Waals surface area (Å²) in [5.74, 6) is 0. The summed E-state index contributed by atoms with van der Waals surface area (Å²) in [5.41, 5.74) is 10.7. The Labute approximate surface area is 147 Å². The topological polar surface area (TPSA) is 29.3 Å². The third-order valence-electron chi connectivity index (χ3n) is 3.91. The van der Waals surface area contributed by atoms with Crippen molar-refractivity contribution in [2.45, 2.75) is 19.3 Å². The van der Waals surface area contributed by atoms with Crippen LogP contribution in [-0.4, -0.2) is 13.1 Å². The highest BCUT2D eigenvalue weighted by molar-refractivity contribution is 6.31. The zero-order valence-corrected chi connectivity index (χ0v) is 14.5. The molecule has 0 aliphatic carbocycles. The maximum atomic E-state index is 6.16. The number of fused-ring (bicyclic) bond motifs is 2. The number of halogens is 3. The molecule has 0 fully saturated rings. The Hall–Kier alpha value is -0.930. The van der Waals surface area contributed by atoms with Crippen LogP contribution >= 0.6 is 35.6 Å². The van der Waals surface area contributed by atoms with Gasteiger partial charge < -0.3 is 10.6 Å². The Morgan fingerprint density at radius 2 is 1.41 bits per heavy atom. The third kappa shape index (κ3) is 3.52. The van der Waals surface area contributed by atoms with Crippen molar-refractivity contribution in [3.63, 3.8) is 0 Å². The first-order valence-electron chi connectivity index (χ1n) is 7.23. The van der Waals surface area contributed by atoms with Gasteiger partial charge in [-0.1, -0.05) is 23.2 Å². The van der Waals surface area contributed by atoms with Crippen molar-refractivity contribution in [2.75, 3.05) is 18.0 Å². The van der Waals surface area contributed by atoms with Crippen molar-refractivity contribution in [2.24, 2.45) is 5.73 Å². The molecule has 0 saturated heterocycles. The van der Waals surface area contributed by atoms with Crippen molar-refractivity contribution in [1.29, 1.82) is 0 Å². The van der Waals surface area contributed by atoms with Gasteiger partial charge in [0.25, 0.3) is 0 Å². The smallest absolute Gasteiger partial charge is 0.0444 e. The first-order chi connectivity index (χ1) is 10.2. The molecule has 0 saturated carbocycles. The predicted octanol–water partition coefficient (Wildman–Crippen LogP) is 5.00. The maximum Gasteiger partial charge on any atom is 0.0444 e. The van der Waals surface area contributed by atoms with Gasteiger partial charge in [-0.05, 0) is 73.3 Å². The second kappa shape index (κ2) is 7.56. The highest BCUT2D eigenvalue weighted by Gasteiger charge is 2.20. The number of nitrogens with two attached hydrogens (primary N) is 1. The fourth-order valence-electron chi connectivity index (χ4n) is 2.92. The van der Waals surface area contributed by atoms with Gasteiger partial charge in [0.05, 0.1) is 0 Å². The molecule has 1 heterocycles. The van der Waals surface area contributed by atoms with E-state index in [1.165, 1.54) is 22.5 Å². The van der Waals surface area contributed by atoms with Gasteiger partial charge in [0.1, 0.15) is 0 Å². The molecular weight excluding hydrogens is 339 g/mol. The minimum absolute atomic E-state index is 0. The molecular formula is C17H19Cl3N2. The van der Waals surface area contributed by atoms with E-state index in [-0.39, 0.29) is 12.4 Å². The number of nitrogens with zero attached hydrogens (tertiary/aromatic N) is 1. The summed E-state index contributed by atoms with van der Waals surface area (Å²) in [7, 11) is 0. The van der Waals surface area contributed by atoms with Crippen molar-refractivity contribution in [3.8, 4) is 0 Å². The van der Waals surface area contributed by atoms with Crippen molar-refractivity contribution in [1.82, 2.24) is 0 Å². The third-order valence-corrected chi connectivity index (χ3v) is 4.38. The zero-order chi connectivity index (χ0) is 14.8. The Kier molecular flexibility index (Phi) is 5.99. The first-order valence-corrected chi connectivity index (χ1v) is 7.99. The van der Waals surface area contributed by atoms with Crippen LogP contribution in [0.3, 0.4) is 0 Å². The monoisotopic (exact) mass is 356 g/mol. The second-order valence-corrected chi connectivity index (χ2v) is 6.21. The Morgan fingerprint density at radius 3 is 1.86 bits per heavy atom. The van der Waals surface area contributed by atoms with E-state index >= 15 is 0 Å². The van der Waals surface area contributed by atoms with Crippen LogP contribution in [0, 0.1) is 0 Å². The summed E-state index contributed by atoms with van der Waals surface area (Å²) >= 11 is 12.3. The van der Waals surface area contributed by atoms with Gasteiger partial charge in [0.2, 0.25) is 0 Å². The van der Waals surface area contributed by atoms with E-state index < -0.39 is 0 Å². The lowest BCUT2D eigenvalue weighted by Gasteiger charge is -2.27. The van der Waals surface area contributed by atoms with E-state index in [2.05, 4.69) is 29.2 Å². The molecule has 118 valence electrons. The number of benzene rings is 2. The molecule has 2 N–H and O–H groups in total. The van der Waals surface area contributed by atoms with Gasteiger partial charge in [-0.25, -0.2) is 0 Å². The molecule has 3 rings (SSSR count). The molecule has 0 bridgehead atoms. The van der Waals surface area contributed by atoms with Crippen LogP contribution in [0.4, 0.5) is 11.4 Å². The molecule has 1 aliphatic heterocycles. The average Bonchev–Trinajstić information content (AvgIpc) is 2.61. The quantitative estimate of drug-likeness (QED) is 0.837. The Bertz CT molecular complexity index is 605. The molecule has 0 atom stereocenters. The van der Waals surface area contributed by atoms with E-state index in [1.54, 1.807) is 0 Å². The first kappa shape index (κ1) is 17.4. The summed E-state index contributed by atoms with van der Waals surface area (Å²) in [5, 5.41) is 1.58. The number of aryl methyl sites for hydroxylation is 2. The SMILES string of the molecule is Cl.NCCCN1c2ccc(Cl)cc2CCc2cc(Cl)ccc21. The number of hydrogen-bond donors (Lipinski definition) is 1. The molecule has 2 aromatic rings. The molecule has 2 aromatic carbocycles. The van der Waals surface area contributed by atoms with Crippen LogP contribution < -0.4 is 10.6 Å². The minimum atomic E-state index is 0. The second-order valence-electron chi connectivity index (χ2n) is 5.34. The molecule has 0 amide bonds. The fraction of sp³-hybridized carbons (Fsp3) is 0.294. The molecule has 0 aromatic heterocycles. The minimum Gasteiger partial charge on any atom is -0.341 e. The average molecular weight is 358 g/mol. The van der Waals surface area contributed by atoms with E-state index in [0.29, 0.717) is 6.54 Å². The van der Waals surface area contributed by atoms with E-state index in [9.17, 15) is 0 Å². The number of hydrogen-bond acceptors (Lipinski definition) is 2. The Morgan fingerprint density at radius 1 is 0.909 bits per heavy atom. The highest BCUT2D eigenvalue weighted by Crippen LogP contribution is 2.38. The predicted molar refractivity (Wildman–Crippen MR) is 98.2 cm³/mol. The molecule has 5 heteroatoms. The number of anilines is 2. The van der Waals surface area contributed by atoms with E-state index in [1.807, 2.05) is 12.1 Å². The largest absolute Gasteiger partial charge is 0.341 e. The van der Waals surface area contributed by atoms with Gasteiger partial charge in [0.15, 0.2) is 0 Å². The molecule has 0 unspecified atom stereocenters. The van der Waals surface area contributed by atoms with Crippen molar-refractivity contribution >= 4 is 47.0 Å². The molecule has 1 aliphatic rings. The van der Waals surface area contributed by atoms with Crippen molar-refractivity contribution < 1.29 is 0 Å². The lowest BCUT2D eigenvalue weighted by atomic mass is 10.0. The van der Waals surface area contributed by atoms with E-state index in [4.69, 9.17) is 28.9 Å². The van der Waals surface area contributed by atoms with Gasteiger partial charge in [-0.15, -0.1) is 12.4 Å². The zero-order valence-electron chi connectivity index (χ0n) is 12.2. The van der Waals surface area contributed by atoms with Crippen LogP contribution in [0.25, 0.3) is 0 Å². The number of rotatable bonds is 3. The Balaban J connectivity index is 0.00000176. The highest BCUT2D eigenvalue weighted by atomic mass is 35.5. The summed E-state index contributed by atoms with van der Waals surface area (Å²) in [6.45, 7) is 1.59. The van der Waals surface area contributed by atoms with Crippen LogP contribution in [0.5, 0.6) is 0 Å². The molecule has 0 radical (unpaired) electrons. The summed E-state index contributed by atoms with van der Waals surface area (Å²) < 4.78 is 0. The van der Waals surface area contributed by atoms with Gasteiger partial charge in [-0.2, -0.15) is 0 Å². The standard InChI is InChI=1S/C17H18Cl2N2.ClH/c18-14-4-6-16-12(10-14)2-3-13-11-15(19)5-7-17(13)21(16)9-1-8-20;/h4-7,10-11H,1-3,8-9,20H2;1H. The van der Waals surface area contributed by atoms with Crippen molar-refractivity contribution in [3.05, 3.63) is 57.6 Å². The summed E-state index contributed by atoms with van der Waals surface area (Å²) in [6, 6.07) is 12.3. The van der Waals surface area contributed by atoms with E-state index in [0.717, 1.165) is 35.9 Å². The molecule has 0 spiro atoms. The van der Waals surface area contributed by atoms with Gasteiger partial charge in [0, 0.05) is 28.0 Å². The summed E-state index contributed by atoms with van der Waals surface area (Å²) in [4.78, 5) is 2.34. The normalized spacial score (nSPS) is 13.0. The fourth-order valence-corrected chi connectivity index (χ4v) is 3.31. The van der Waals surface area contributed by atoms with Crippen LogP contribution in [0.2, 0.25) is 10.0 Å².